The molecule has 1 aliphatic rings. The monoisotopic (exact) mass is 248 g/mol. The Balaban J connectivity index is 2.16. The standard InChI is InChI=1S/C13H16N2O3/c1-13(2,3)18-12(17)15-7-9-5-4-6-14-11(9)10(16)8-15/h4-6H,7-8H2,1-3H3. The molecular weight excluding hydrogens is 232 g/mol. The van der Waals surface area contributed by atoms with Crippen LogP contribution in [-0.2, 0) is 11.3 Å². The Morgan fingerprint density at radius 2 is 2.11 bits per heavy atom. The molecule has 18 heavy (non-hydrogen) atoms. The van der Waals surface area contributed by atoms with Crippen LogP contribution in [0.15, 0.2) is 18.3 Å². The molecule has 0 atom stereocenters. The van der Waals surface area contributed by atoms with E-state index in [1.807, 2.05) is 0 Å². The summed E-state index contributed by atoms with van der Waals surface area (Å²) in [4.78, 5) is 29.2. The molecule has 2 rings (SSSR count). The van der Waals surface area contributed by atoms with Gasteiger partial charge in [-0.15, -0.1) is 0 Å². The molecule has 96 valence electrons. The van der Waals surface area contributed by atoms with E-state index in [1.54, 1.807) is 39.1 Å². The smallest absolute Gasteiger partial charge is 0.411 e. The highest BCUT2D eigenvalue weighted by Gasteiger charge is 2.30. The van der Waals surface area contributed by atoms with Crippen molar-refractivity contribution in [1.82, 2.24) is 9.88 Å². The summed E-state index contributed by atoms with van der Waals surface area (Å²) in [6.45, 7) is 5.78. The lowest BCUT2D eigenvalue weighted by Gasteiger charge is -2.29. The summed E-state index contributed by atoms with van der Waals surface area (Å²) in [5, 5.41) is 0. The van der Waals surface area contributed by atoms with Gasteiger partial charge >= 0.3 is 6.09 Å². The Labute approximate surface area is 106 Å². The average Bonchev–Trinajstić information content (AvgIpc) is 2.26. The maximum absolute atomic E-state index is 11.9. The zero-order valence-corrected chi connectivity index (χ0v) is 10.8. The highest BCUT2D eigenvalue weighted by Crippen LogP contribution is 2.19. The van der Waals surface area contributed by atoms with Crippen LogP contribution in [0.25, 0.3) is 0 Å². The van der Waals surface area contributed by atoms with Gasteiger partial charge in [-0.2, -0.15) is 0 Å². The second-order valence-corrected chi connectivity index (χ2v) is 5.27. The first-order valence-corrected chi connectivity index (χ1v) is 5.82. The highest BCUT2D eigenvalue weighted by atomic mass is 16.6. The number of pyridine rings is 1. The number of rotatable bonds is 0. The molecule has 1 aromatic rings. The number of carbonyl (C=O) groups is 2. The number of ketones is 1. The quantitative estimate of drug-likeness (QED) is 0.704. The molecule has 5 heteroatoms. The second kappa shape index (κ2) is 4.40. The zero-order chi connectivity index (χ0) is 13.3. The van der Waals surface area contributed by atoms with Crippen molar-refractivity contribution in [3.8, 4) is 0 Å². The molecule has 0 saturated carbocycles. The van der Waals surface area contributed by atoms with Crippen molar-refractivity contribution < 1.29 is 14.3 Å². The minimum Gasteiger partial charge on any atom is -0.444 e. The van der Waals surface area contributed by atoms with E-state index < -0.39 is 11.7 Å². The summed E-state index contributed by atoms with van der Waals surface area (Å²) in [5.41, 5.74) is 0.659. The zero-order valence-electron chi connectivity index (χ0n) is 10.8. The van der Waals surface area contributed by atoms with Crippen LogP contribution in [0.4, 0.5) is 4.79 Å². The summed E-state index contributed by atoms with van der Waals surface area (Å²) >= 11 is 0. The first kappa shape index (κ1) is 12.5. The molecule has 1 aromatic heterocycles. The largest absolute Gasteiger partial charge is 0.444 e. The molecule has 1 amide bonds. The van der Waals surface area contributed by atoms with Crippen LogP contribution in [-0.4, -0.2) is 33.9 Å². The Kier molecular flexibility index (Phi) is 3.07. The maximum Gasteiger partial charge on any atom is 0.411 e. The van der Waals surface area contributed by atoms with Crippen LogP contribution in [0.3, 0.4) is 0 Å². The summed E-state index contributed by atoms with van der Waals surface area (Å²) in [6, 6.07) is 3.56. The van der Waals surface area contributed by atoms with Gasteiger partial charge in [0.25, 0.3) is 0 Å². The third-order valence-corrected chi connectivity index (χ3v) is 2.50. The molecule has 1 aliphatic heterocycles. The van der Waals surface area contributed by atoms with Crippen LogP contribution in [0.1, 0.15) is 36.8 Å². The lowest BCUT2D eigenvalue weighted by molar-refractivity contribution is 0.0219. The van der Waals surface area contributed by atoms with Crippen molar-refractivity contribution in [1.29, 1.82) is 0 Å². The normalized spacial score (nSPS) is 15.3. The Morgan fingerprint density at radius 1 is 1.39 bits per heavy atom. The highest BCUT2D eigenvalue weighted by molar-refractivity contribution is 5.99. The third-order valence-electron chi connectivity index (χ3n) is 2.50. The number of ether oxygens (including phenoxy) is 1. The molecule has 0 aliphatic carbocycles. The molecule has 0 bridgehead atoms. The Hall–Kier alpha value is -1.91. The Morgan fingerprint density at radius 3 is 2.78 bits per heavy atom. The molecule has 0 saturated heterocycles. The third kappa shape index (κ3) is 2.67. The van der Waals surface area contributed by atoms with Gasteiger partial charge in [-0.05, 0) is 26.8 Å². The predicted octanol–water partition coefficient (Wildman–Crippen LogP) is 2.01. The molecule has 5 nitrogen and oxygen atoms in total. The number of carbonyl (C=O) groups excluding carboxylic acids is 2. The summed E-state index contributed by atoms with van der Waals surface area (Å²) in [5.74, 6) is -0.150. The van der Waals surface area contributed by atoms with Crippen LogP contribution in [0.5, 0.6) is 0 Å². The minimum absolute atomic E-state index is 0.0267. The number of aromatic nitrogens is 1. The molecule has 0 N–H and O–H groups in total. The number of fused-ring (bicyclic) bond motifs is 1. The van der Waals surface area contributed by atoms with E-state index in [4.69, 9.17) is 4.74 Å². The summed E-state index contributed by atoms with van der Waals surface area (Å²) < 4.78 is 5.25. The number of nitrogens with zero attached hydrogens (tertiary/aromatic N) is 2. The SMILES string of the molecule is CC(C)(C)OC(=O)N1CC(=O)c2ncccc2C1. The molecule has 2 heterocycles. The molecule has 0 radical (unpaired) electrons. The second-order valence-electron chi connectivity index (χ2n) is 5.27. The van der Waals surface area contributed by atoms with Gasteiger partial charge in [0.2, 0.25) is 5.78 Å². The first-order chi connectivity index (χ1) is 8.37. The van der Waals surface area contributed by atoms with Crippen LogP contribution in [0, 0.1) is 0 Å². The summed E-state index contributed by atoms with van der Waals surface area (Å²) in [7, 11) is 0. The lowest BCUT2D eigenvalue weighted by atomic mass is 10.1. The van der Waals surface area contributed by atoms with Crippen molar-refractivity contribution >= 4 is 11.9 Å². The molecular formula is C13H16N2O3. The topological polar surface area (TPSA) is 59.5 Å². The van der Waals surface area contributed by atoms with Crippen molar-refractivity contribution in [3.05, 3.63) is 29.6 Å². The van der Waals surface area contributed by atoms with Crippen molar-refractivity contribution in [2.45, 2.75) is 32.9 Å². The van der Waals surface area contributed by atoms with E-state index in [0.29, 0.717) is 12.2 Å². The first-order valence-electron chi connectivity index (χ1n) is 5.82. The number of amides is 1. The van der Waals surface area contributed by atoms with Gasteiger partial charge in [0, 0.05) is 11.8 Å². The predicted molar refractivity (Wildman–Crippen MR) is 65.2 cm³/mol. The van der Waals surface area contributed by atoms with Gasteiger partial charge in [0.05, 0.1) is 13.1 Å². The average molecular weight is 248 g/mol. The van der Waals surface area contributed by atoms with Gasteiger partial charge in [0.15, 0.2) is 0 Å². The van der Waals surface area contributed by atoms with Crippen molar-refractivity contribution in [3.63, 3.8) is 0 Å². The number of hydrogen-bond acceptors (Lipinski definition) is 4. The van der Waals surface area contributed by atoms with Gasteiger partial charge < -0.3 is 4.74 Å². The van der Waals surface area contributed by atoms with E-state index in [0.717, 1.165) is 5.56 Å². The van der Waals surface area contributed by atoms with Crippen LogP contribution < -0.4 is 0 Å². The molecule has 0 spiro atoms. The van der Waals surface area contributed by atoms with E-state index in [-0.39, 0.29) is 12.3 Å². The van der Waals surface area contributed by atoms with E-state index in [2.05, 4.69) is 4.98 Å². The minimum atomic E-state index is -0.560. The van der Waals surface area contributed by atoms with Gasteiger partial charge in [-0.3, -0.25) is 14.7 Å². The van der Waals surface area contributed by atoms with Crippen molar-refractivity contribution in [2.24, 2.45) is 0 Å². The fraction of sp³-hybridized carbons (Fsp3) is 0.462. The number of Topliss-reactive ketones (excluding diaryl/α,β-unsaturated/α-hetero) is 1. The van der Waals surface area contributed by atoms with Gasteiger partial charge in [0.1, 0.15) is 11.3 Å². The number of hydrogen-bond donors (Lipinski definition) is 0. The lowest BCUT2D eigenvalue weighted by Crippen LogP contribution is -2.42. The fourth-order valence-corrected chi connectivity index (χ4v) is 1.78. The van der Waals surface area contributed by atoms with Crippen molar-refractivity contribution in [2.75, 3.05) is 6.54 Å². The summed E-state index contributed by atoms with van der Waals surface area (Å²) in [6.07, 6.45) is 1.12. The van der Waals surface area contributed by atoms with Crippen LogP contribution >= 0.6 is 0 Å². The molecule has 0 unspecified atom stereocenters. The Bertz CT molecular complexity index is 491. The molecule has 0 fully saturated rings. The van der Waals surface area contributed by atoms with Crippen LogP contribution in [0.2, 0.25) is 0 Å². The van der Waals surface area contributed by atoms with Gasteiger partial charge in [-0.25, -0.2) is 4.79 Å². The van der Waals surface area contributed by atoms with Gasteiger partial charge in [-0.1, -0.05) is 6.07 Å². The van der Waals surface area contributed by atoms with E-state index in [1.165, 1.54) is 4.90 Å². The fourth-order valence-electron chi connectivity index (χ4n) is 1.78. The molecule has 0 aromatic carbocycles. The van der Waals surface area contributed by atoms with E-state index in [9.17, 15) is 9.59 Å². The van der Waals surface area contributed by atoms with E-state index >= 15 is 0 Å². The maximum atomic E-state index is 11.9.